The van der Waals surface area contributed by atoms with Gasteiger partial charge in [-0.1, -0.05) is 19.1 Å². The first-order chi connectivity index (χ1) is 7.95. The number of hydrogen-bond acceptors (Lipinski definition) is 3. The SMILES string of the molecule is CCS(=O)(=O)c1ccc(CCNC(N)=O)cc1. The molecule has 0 aromatic heterocycles. The van der Waals surface area contributed by atoms with Gasteiger partial charge >= 0.3 is 6.03 Å². The average molecular weight is 256 g/mol. The van der Waals surface area contributed by atoms with Gasteiger partial charge in [0.15, 0.2) is 9.84 Å². The monoisotopic (exact) mass is 256 g/mol. The normalized spacial score (nSPS) is 11.1. The van der Waals surface area contributed by atoms with Gasteiger partial charge in [0, 0.05) is 6.54 Å². The molecule has 0 spiro atoms. The molecule has 0 radical (unpaired) electrons. The number of primary amides is 1. The third-order valence-electron chi connectivity index (χ3n) is 2.38. The zero-order valence-electron chi connectivity index (χ0n) is 9.64. The summed E-state index contributed by atoms with van der Waals surface area (Å²) in [6.45, 7) is 2.05. The quantitative estimate of drug-likeness (QED) is 0.812. The fourth-order valence-electron chi connectivity index (χ4n) is 1.36. The maximum absolute atomic E-state index is 11.5. The number of hydrogen-bond donors (Lipinski definition) is 2. The number of nitrogens with one attached hydrogen (secondary N) is 1. The molecule has 94 valence electrons. The van der Waals surface area contributed by atoms with E-state index in [1.807, 2.05) is 0 Å². The second-order valence-corrected chi connectivity index (χ2v) is 5.87. The summed E-state index contributed by atoms with van der Waals surface area (Å²) >= 11 is 0. The Morgan fingerprint density at radius 1 is 1.29 bits per heavy atom. The zero-order valence-corrected chi connectivity index (χ0v) is 10.5. The largest absolute Gasteiger partial charge is 0.352 e. The van der Waals surface area contributed by atoms with Gasteiger partial charge in [-0.05, 0) is 24.1 Å². The predicted octanol–water partition coefficient (Wildman–Crippen LogP) is 0.691. The van der Waals surface area contributed by atoms with Crippen molar-refractivity contribution in [2.75, 3.05) is 12.3 Å². The molecule has 0 bridgehead atoms. The molecular formula is C11H16N2O3S. The molecule has 0 unspecified atom stereocenters. The van der Waals surface area contributed by atoms with Crippen LogP contribution in [0.1, 0.15) is 12.5 Å². The van der Waals surface area contributed by atoms with Gasteiger partial charge < -0.3 is 11.1 Å². The Morgan fingerprint density at radius 2 is 1.88 bits per heavy atom. The second-order valence-electron chi connectivity index (χ2n) is 3.59. The Balaban J connectivity index is 2.66. The molecular weight excluding hydrogens is 240 g/mol. The number of urea groups is 1. The maximum atomic E-state index is 11.5. The zero-order chi connectivity index (χ0) is 12.9. The van der Waals surface area contributed by atoms with E-state index in [2.05, 4.69) is 5.32 Å². The lowest BCUT2D eigenvalue weighted by Crippen LogP contribution is -2.30. The Kier molecular flexibility index (Phi) is 4.51. The maximum Gasteiger partial charge on any atom is 0.312 e. The molecule has 0 heterocycles. The highest BCUT2D eigenvalue weighted by atomic mass is 32.2. The van der Waals surface area contributed by atoms with Gasteiger partial charge in [-0.25, -0.2) is 13.2 Å². The number of rotatable bonds is 5. The Hall–Kier alpha value is -1.56. The Morgan fingerprint density at radius 3 is 2.35 bits per heavy atom. The molecule has 1 rings (SSSR count). The van der Waals surface area contributed by atoms with Crippen LogP contribution in [0.2, 0.25) is 0 Å². The average Bonchev–Trinajstić information content (AvgIpc) is 2.29. The number of nitrogens with two attached hydrogens (primary N) is 1. The van der Waals surface area contributed by atoms with E-state index >= 15 is 0 Å². The van der Waals surface area contributed by atoms with Crippen LogP contribution in [0, 0.1) is 0 Å². The minimum absolute atomic E-state index is 0.0928. The van der Waals surface area contributed by atoms with E-state index in [-0.39, 0.29) is 5.75 Å². The Bertz CT molecular complexity index is 480. The van der Waals surface area contributed by atoms with Crippen LogP contribution >= 0.6 is 0 Å². The molecule has 1 aromatic carbocycles. The van der Waals surface area contributed by atoms with Crippen LogP contribution in [-0.4, -0.2) is 26.7 Å². The van der Waals surface area contributed by atoms with Crippen molar-refractivity contribution >= 4 is 15.9 Å². The van der Waals surface area contributed by atoms with Gasteiger partial charge in [-0.15, -0.1) is 0 Å². The topological polar surface area (TPSA) is 89.3 Å². The summed E-state index contributed by atoms with van der Waals surface area (Å²) < 4.78 is 23.1. The molecule has 0 fully saturated rings. The highest BCUT2D eigenvalue weighted by Crippen LogP contribution is 2.12. The molecule has 0 atom stereocenters. The van der Waals surface area contributed by atoms with E-state index in [9.17, 15) is 13.2 Å². The molecule has 3 N–H and O–H groups in total. The lowest BCUT2D eigenvalue weighted by Gasteiger charge is -2.04. The highest BCUT2D eigenvalue weighted by Gasteiger charge is 2.10. The molecule has 5 nitrogen and oxygen atoms in total. The van der Waals surface area contributed by atoms with E-state index in [1.54, 1.807) is 31.2 Å². The van der Waals surface area contributed by atoms with Crippen LogP contribution < -0.4 is 11.1 Å². The van der Waals surface area contributed by atoms with Gasteiger partial charge in [-0.3, -0.25) is 0 Å². The van der Waals surface area contributed by atoms with E-state index in [0.29, 0.717) is 17.9 Å². The van der Waals surface area contributed by atoms with Crippen molar-refractivity contribution in [3.8, 4) is 0 Å². The molecule has 6 heteroatoms. The van der Waals surface area contributed by atoms with Crippen LogP contribution in [-0.2, 0) is 16.3 Å². The second kappa shape index (κ2) is 5.67. The van der Waals surface area contributed by atoms with Gasteiger partial charge in [0.05, 0.1) is 10.6 Å². The van der Waals surface area contributed by atoms with Gasteiger partial charge in [-0.2, -0.15) is 0 Å². The van der Waals surface area contributed by atoms with Crippen molar-refractivity contribution in [3.63, 3.8) is 0 Å². The minimum atomic E-state index is -3.14. The summed E-state index contributed by atoms with van der Waals surface area (Å²) in [7, 11) is -3.14. The van der Waals surface area contributed by atoms with Crippen molar-refractivity contribution in [3.05, 3.63) is 29.8 Å². The van der Waals surface area contributed by atoms with Crippen molar-refractivity contribution in [1.29, 1.82) is 0 Å². The first-order valence-corrected chi connectivity index (χ1v) is 6.96. The standard InChI is InChI=1S/C11H16N2O3S/c1-2-17(15,16)10-5-3-9(4-6-10)7-8-13-11(12)14/h3-6H,2,7-8H2,1H3,(H3,12,13,14). The predicted molar refractivity (Wildman–Crippen MR) is 65.5 cm³/mol. The van der Waals surface area contributed by atoms with Crippen LogP contribution in [0.15, 0.2) is 29.2 Å². The first kappa shape index (κ1) is 13.5. The molecule has 0 aliphatic rings. The van der Waals surface area contributed by atoms with Gasteiger partial charge in [0.1, 0.15) is 0 Å². The summed E-state index contributed by atoms with van der Waals surface area (Å²) in [5, 5.41) is 2.47. The van der Waals surface area contributed by atoms with Crippen molar-refractivity contribution in [1.82, 2.24) is 5.32 Å². The number of sulfone groups is 1. The summed E-state index contributed by atoms with van der Waals surface area (Å²) in [5.74, 6) is 0.0928. The third-order valence-corrected chi connectivity index (χ3v) is 4.13. The minimum Gasteiger partial charge on any atom is -0.352 e. The van der Waals surface area contributed by atoms with Crippen molar-refractivity contribution in [2.45, 2.75) is 18.2 Å². The molecule has 1 aromatic rings. The van der Waals surface area contributed by atoms with E-state index in [4.69, 9.17) is 5.73 Å². The fourth-order valence-corrected chi connectivity index (χ4v) is 2.24. The van der Waals surface area contributed by atoms with Gasteiger partial charge in [0.25, 0.3) is 0 Å². The lowest BCUT2D eigenvalue weighted by molar-refractivity contribution is 0.249. The summed E-state index contributed by atoms with van der Waals surface area (Å²) in [4.78, 5) is 10.8. The number of amides is 2. The molecule has 0 aliphatic heterocycles. The number of carbonyl (C=O) groups excluding carboxylic acids is 1. The van der Waals surface area contributed by atoms with E-state index in [1.165, 1.54) is 0 Å². The van der Waals surface area contributed by atoms with Crippen molar-refractivity contribution < 1.29 is 13.2 Å². The van der Waals surface area contributed by atoms with Crippen LogP contribution in [0.3, 0.4) is 0 Å². The number of benzene rings is 1. The van der Waals surface area contributed by atoms with Crippen molar-refractivity contribution in [2.24, 2.45) is 5.73 Å². The fraction of sp³-hybridized carbons (Fsp3) is 0.364. The molecule has 0 saturated carbocycles. The van der Waals surface area contributed by atoms with Crippen LogP contribution in [0.25, 0.3) is 0 Å². The van der Waals surface area contributed by atoms with E-state index in [0.717, 1.165) is 5.56 Å². The molecule has 2 amide bonds. The van der Waals surface area contributed by atoms with E-state index < -0.39 is 15.9 Å². The summed E-state index contributed by atoms with van der Waals surface area (Å²) in [6, 6.07) is 6.09. The first-order valence-electron chi connectivity index (χ1n) is 5.30. The van der Waals surface area contributed by atoms with Crippen LogP contribution in [0.5, 0.6) is 0 Å². The molecule has 0 aliphatic carbocycles. The van der Waals surface area contributed by atoms with Crippen LogP contribution in [0.4, 0.5) is 4.79 Å². The lowest BCUT2D eigenvalue weighted by atomic mass is 10.1. The third kappa shape index (κ3) is 4.07. The highest BCUT2D eigenvalue weighted by molar-refractivity contribution is 7.91. The smallest absolute Gasteiger partial charge is 0.312 e. The molecule has 17 heavy (non-hydrogen) atoms. The number of carbonyl (C=O) groups is 1. The van der Waals surface area contributed by atoms with Gasteiger partial charge in [0.2, 0.25) is 0 Å². The Labute approximate surface area is 101 Å². The summed E-state index contributed by atoms with van der Waals surface area (Å²) in [6.07, 6.45) is 0.620. The molecule has 0 saturated heterocycles. The summed E-state index contributed by atoms with van der Waals surface area (Å²) in [5.41, 5.74) is 5.88.